The number of nitrogens with one attached hydrogen (secondary N) is 1. The van der Waals surface area contributed by atoms with Crippen molar-refractivity contribution in [3.8, 4) is 0 Å². The van der Waals surface area contributed by atoms with E-state index in [1.807, 2.05) is 0 Å². The fourth-order valence-corrected chi connectivity index (χ4v) is 2.66. The van der Waals surface area contributed by atoms with Gasteiger partial charge in [-0.25, -0.2) is 22.3 Å². The van der Waals surface area contributed by atoms with Crippen LogP contribution >= 0.6 is 22.6 Å². The quantitative estimate of drug-likeness (QED) is 0.764. The van der Waals surface area contributed by atoms with E-state index >= 15 is 0 Å². The monoisotopic (exact) mass is 350 g/mol. The summed E-state index contributed by atoms with van der Waals surface area (Å²) in [4.78, 5) is 12.7. The second kappa shape index (κ2) is 4.14. The third-order valence-electron chi connectivity index (χ3n) is 1.50. The molecule has 0 amide bonds. The van der Waals surface area contributed by atoms with Crippen molar-refractivity contribution in [2.45, 2.75) is 11.5 Å². The molecule has 0 saturated carbocycles. The number of hydrogen-bond donors (Lipinski definition) is 2. The van der Waals surface area contributed by atoms with E-state index in [2.05, 4.69) is 0 Å². The lowest BCUT2D eigenvalue weighted by molar-refractivity contribution is 0.146. The van der Waals surface area contributed by atoms with Crippen LogP contribution < -0.4 is 10.7 Å². The number of pyridine rings is 1. The maximum Gasteiger partial charge on any atom is 0.267 e. The van der Waals surface area contributed by atoms with E-state index in [0.29, 0.717) is 0 Å². The Morgan fingerprint density at radius 2 is 2.00 bits per heavy atom. The average Bonchev–Trinajstić information content (AvgIpc) is 1.99. The van der Waals surface area contributed by atoms with Gasteiger partial charge in [-0.15, -0.1) is 0 Å². The van der Waals surface area contributed by atoms with Gasteiger partial charge < -0.3 is 4.98 Å². The van der Waals surface area contributed by atoms with Crippen molar-refractivity contribution in [2.24, 2.45) is 5.14 Å². The van der Waals surface area contributed by atoms with E-state index < -0.39 is 32.6 Å². The minimum Gasteiger partial charge on any atom is -0.311 e. The summed E-state index contributed by atoms with van der Waals surface area (Å²) in [5, 5.41) is 3.76. The van der Waals surface area contributed by atoms with E-state index in [1.54, 1.807) is 4.98 Å². The van der Waals surface area contributed by atoms with Crippen LogP contribution in [0.25, 0.3) is 0 Å². The Kier molecular flexibility index (Phi) is 3.45. The molecule has 1 heterocycles. The van der Waals surface area contributed by atoms with Crippen LogP contribution in [0, 0.1) is 3.57 Å². The van der Waals surface area contributed by atoms with Gasteiger partial charge in [0.05, 0.1) is 5.56 Å². The molecule has 3 N–H and O–H groups in total. The molecule has 15 heavy (non-hydrogen) atoms. The zero-order chi connectivity index (χ0) is 11.8. The largest absolute Gasteiger partial charge is 0.311 e. The number of halogens is 3. The van der Waals surface area contributed by atoms with Gasteiger partial charge in [0, 0.05) is 9.64 Å². The maximum absolute atomic E-state index is 12.5. The van der Waals surface area contributed by atoms with E-state index in [-0.39, 0.29) is 3.57 Å². The molecule has 0 aliphatic heterocycles. The Balaban J connectivity index is 3.70. The Bertz CT molecular complexity index is 540. The van der Waals surface area contributed by atoms with Crippen LogP contribution in [0.4, 0.5) is 8.78 Å². The molecule has 0 saturated heterocycles. The topological polar surface area (TPSA) is 93.0 Å². The second-order valence-corrected chi connectivity index (χ2v) is 5.23. The van der Waals surface area contributed by atoms with Gasteiger partial charge in [0.15, 0.2) is 5.03 Å². The summed E-state index contributed by atoms with van der Waals surface area (Å²) in [6.07, 6.45) is -3.03. The van der Waals surface area contributed by atoms with Crippen molar-refractivity contribution in [2.75, 3.05) is 0 Å². The Morgan fingerprint density at radius 3 is 2.40 bits per heavy atom. The molecule has 0 atom stereocenters. The van der Waals surface area contributed by atoms with Crippen LogP contribution in [0.15, 0.2) is 15.9 Å². The van der Waals surface area contributed by atoms with Crippen molar-refractivity contribution in [3.05, 3.63) is 25.6 Å². The molecule has 1 aromatic rings. The first-order valence-corrected chi connectivity index (χ1v) is 6.09. The van der Waals surface area contributed by atoms with E-state index in [1.165, 1.54) is 22.6 Å². The molecule has 0 unspecified atom stereocenters. The molecular formula is C6H5F2IN2O3S. The molecule has 0 radical (unpaired) electrons. The number of nitrogens with two attached hydrogens (primary N) is 1. The number of aromatic nitrogens is 1. The van der Waals surface area contributed by atoms with Crippen molar-refractivity contribution >= 4 is 32.6 Å². The van der Waals surface area contributed by atoms with Gasteiger partial charge in [0.25, 0.3) is 16.4 Å². The average molecular weight is 350 g/mol. The summed E-state index contributed by atoms with van der Waals surface area (Å²) in [7, 11) is -4.36. The molecule has 0 bridgehead atoms. The van der Waals surface area contributed by atoms with Crippen molar-refractivity contribution in [3.63, 3.8) is 0 Å². The van der Waals surface area contributed by atoms with Crippen molar-refractivity contribution < 1.29 is 17.2 Å². The van der Waals surface area contributed by atoms with E-state index in [4.69, 9.17) is 5.14 Å². The predicted octanol–water partition coefficient (Wildman–Crippen LogP) is 0.565. The van der Waals surface area contributed by atoms with E-state index in [0.717, 1.165) is 6.07 Å². The first kappa shape index (κ1) is 12.5. The predicted molar refractivity (Wildman–Crippen MR) is 56.1 cm³/mol. The van der Waals surface area contributed by atoms with Crippen molar-refractivity contribution in [1.82, 2.24) is 4.98 Å². The molecule has 0 spiro atoms. The van der Waals surface area contributed by atoms with Gasteiger partial charge in [-0.3, -0.25) is 4.79 Å². The Labute approximate surface area is 96.9 Å². The highest BCUT2D eigenvalue weighted by Gasteiger charge is 2.24. The first-order valence-electron chi connectivity index (χ1n) is 3.47. The van der Waals surface area contributed by atoms with Crippen LogP contribution in [-0.4, -0.2) is 13.4 Å². The number of aromatic amines is 1. The third kappa shape index (κ3) is 2.72. The number of primary sulfonamides is 1. The lowest BCUT2D eigenvalue weighted by Crippen LogP contribution is -2.22. The molecule has 1 aromatic heterocycles. The fraction of sp³-hybridized carbons (Fsp3) is 0.167. The summed E-state index contributed by atoms with van der Waals surface area (Å²) in [5.41, 5.74) is -1.58. The molecule has 9 heteroatoms. The smallest absolute Gasteiger partial charge is 0.267 e. The third-order valence-corrected chi connectivity index (χ3v) is 3.28. The second-order valence-electron chi connectivity index (χ2n) is 2.57. The number of sulfonamides is 1. The van der Waals surface area contributed by atoms with Crippen LogP contribution in [0.5, 0.6) is 0 Å². The highest BCUT2D eigenvalue weighted by Crippen LogP contribution is 2.27. The zero-order valence-corrected chi connectivity index (χ0v) is 9.97. The molecule has 84 valence electrons. The van der Waals surface area contributed by atoms with Crippen LogP contribution in [-0.2, 0) is 10.0 Å². The highest BCUT2D eigenvalue weighted by atomic mass is 127. The van der Waals surface area contributed by atoms with Crippen LogP contribution in [0.2, 0.25) is 0 Å². The highest BCUT2D eigenvalue weighted by molar-refractivity contribution is 14.1. The molecule has 0 aromatic carbocycles. The van der Waals surface area contributed by atoms with Gasteiger partial charge in [-0.05, 0) is 22.6 Å². The normalized spacial score (nSPS) is 12.1. The first-order chi connectivity index (χ1) is 6.73. The lowest BCUT2D eigenvalue weighted by Gasteiger charge is -2.07. The minimum absolute atomic E-state index is 0.143. The fourth-order valence-electron chi connectivity index (χ4n) is 0.944. The van der Waals surface area contributed by atoms with Gasteiger partial charge in [-0.1, -0.05) is 0 Å². The zero-order valence-electron chi connectivity index (χ0n) is 7.00. The maximum atomic E-state index is 12.5. The van der Waals surface area contributed by atoms with Crippen molar-refractivity contribution in [1.29, 1.82) is 0 Å². The molecule has 0 aliphatic carbocycles. The van der Waals surface area contributed by atoms with Gasteiger partial charge in [0.1, 0.15) is 0 Å². The summed E-state index contributed by atoms with van der Waals surface area (Å²) >= 11 is 1.45. The number of hydrogen-bond acceptors (Lipinski definition) is 3. The summed E-state index contributed by atoms with van der Waals surface area (Å²) in [6, 6.07) is 0.872. The number of H-pyrrole nitrogens is 1. The number of rotatable bonds is 2. The Morgan fingerprint density at radius 1 is 1.47 bits per heavy atom. The van der Waals surface area contributed by atoms with Gasteiger partial charge in [0.2, 0.25) is 5.56 Å². The minimum atomic E-state index is -4.36. The molecular weight excluding hydrogens is 345 g/mol. The van der Waals surface area contributed by atoms with E-state index in [9.17, 15) is 22.0 Å². The summed E-state index contributed by atoms with van der Waals surface area (Å²) in [6.45, 7) is 0. The summed E-state index contributed by atoms with van der Waals surface area (Å²) < 4.78 is 46.7. The summed E-state index contributed by atoms with van der Waals surface area (Å²) in [5.74, 6) is 0. The molecule has 0 fully saturated rings. The standard InChI is InChI=1S/C6H5F2IN2O3S/c7-5(8)4-2(9)1-3(12)11-6(4)15(10,13)14/h1,5H,(H,11,12)(H2,10,13,14). The molecule has 5 nitrogen and oxygen atoms in total. The van der Waals surface area contributed by atoms with Gasteiger partial charge >= 0.3 is 0 Å². The molecule has 1 rings (SSSR count). The molecule has 0 aliphatic rings. The lowest BCUT2D eigenvalue weighted by atomic mass is 10.3. The number of alkyl halides is 2. The van der Waals surface area contributed by atoms with Gasteiger partial charge in [-0.2, -0.15) is 0 Å². The van der Waals surface area contributed by atoms with Crippen LogP contribution in [0.3, 0.4) is 0 Å². The Hall–Kier alpha value is -0.550. The SMILES string of the molecule is NS(=O)(=O)c1[nH]c(=O)cc(I)c1C(F)F. The van der Waals surface area contributed by atoms with Crippen LogP contribution in [0.1, 0.15) is 12.0 Å².